The molecule has 0 aromatic heterocycles. The lowest BCUT2D eigenvalue weighted by atomic mass is 9.98. The fraction of sp³-hybridized carbons (Fsp3) is 0.657. The third-order valence-electron chi connectivity index (χ3n) is 7.60. The van der Waals surface area contributed by atoms with E-state index in [0.29, 0.717) is 6.42 Å². The summed E-state index contributed by atoms with van der Waals surface area (Å²) < 4.78 is 11.8. The minimum Gasteiger partial charge on any atom is -0.494 e. The summed E-state index contributed by atoms with van der Waals surface area (Å²) in [7, 11) is 0. The molecular formula is C35H56O6. The average Bonchev–Trinajstić information content (AvgIpc) is 3.00. The maximum atomic E-state index is 9.75. The van der Waals surface area contributed by atoms with E-state index in [2.05, 4.69) is 31.2 Å². The largest absolute Gasteiger partial charge is 0.494 e. The van der Waals surface area contributed by atoms with Crippen LogP contribution in [0.1, 0.15) is 109 Å². The van der Waals surface area contributed by atoms with Gasteiger partial charge in [0.05, 0.1) is 25.9 Å². The summed E-state index contributed by atoms with van der Waals surface area (Å²) in [4.78, 5) is 0. The Bertz CT molecular complexity index is 900. The molecule has 0 saturated heterocycles. The lowest BCUT2D eigenvalue weighted by Crippen LogP contribution is -2.21. The summed E-state index contributed by atoms with van der Waals surface area (Å²) in [5, 5.41) is 37.1. The lowest BCUT2D eigenvalue weighted by Gasteiger charge is -2.15. The minimum atomic E-state index is -0.877. The van der Waals surface area contributed by atoms with Crippen LogP contribution >= 0.6 is 0 Å². The normalized spacial score (nSPS) is 12.8. The van der Waals surface area contributed by atoms with Gasteiger partial charge in [-0.05, 0) is 66.6 Å². The van der Waals surface area contributed by atoms with Gasteiger partial charge in [-0.15, -0.1) is 0 Å². The van der Waals surface area contributed by atoms with Gasteiger partial charge >= 0.3 is 0 Å². The second-order valence-corrected chi connectivity index (χ2v) is 11.3. The molecule has 0 fully saturated rings. The number of hydrogen-bond donors (Lipinski definition) is 4. The van der Waals surface area contributed by atoms with Crippen LogP contribution in [0.2, 0.25) is 0 Å². The Kier molecular flexibility index (Phi) is 19.2. The molecule has 0 spiro atoms. The van der Waals surface area contributed by atoms with Crippen molar-refractivity contribution < 1.29 is 29.9 Å². The van der Waals surface area contributed by atoms with E-state index in [-0.39, 0.29) is 19.8 Å². The molecule has 0 aliphatic rings. The van der Waals surface area contributed by atoms with Crippen molar-refractivity contribution >= 4 is 0 Å². The van der Waals surface area contributed by atoms with Gasteiger partial charge in [-0.25, -0.2) is 0 Å². The summed E-state index contributed by atoms with van der Waals surface area (Å²) in [6, 6.07) is 14.5. The smallest absolute Gasteiger partial charge is 0.122 e. The Morgan fingerprint density at radius 2 is 1.20 bits per heavy atom. The Balaban J connectivity index is 1.79. The summed E-state index contributed by atoms with van der Waals surface area (Å²) in [5.74, 6) is 1.67. The lowest BCUT2D eigenvalue weighted by molar-refractivity contribution is 0.0533. The molecule has 0 aliphatic heterocycles. The Morgan fingerprint density at radius 1 is 0.610 bits per heavy atom. The molecule has 4 N–H and O–H groups in total. The van der Waals surface area contributed by atoms with Gasteiger partial charge in [0.2, 0.25) is 0 Å². The van der Waals surface area contributed by atoms with Crippen molar-refractivity contribution in [1.82, 2.24) is 0 Å². The average molecular weight is 573 g/mol. The number of aliphatic hydroxyl groups excluding tert-OH is 4. The predicted octanol–water partition coefficient (Wildman–Crippen LogP) is 7.23. The molecule has 0 bridgehead atoms. The van der Waals surface area contributed by atoms with E-state index in [9.17, 15) is 10.2 Å². The molecule has 0 aliphatic carbocycles. The molecule has 6 heteroatoms. The number of rotatable bonds is 25. The molecule has 2 atom stereocenters. The topological polar surface area (TPSA) is 99.4 Å². The molecule has 2 unspecified atom stereocenters. The van der Waals surface area contributed by atoms with Crippen LogP contribution in [0.3, 0.4) is 0 Å². The molecule has 2 aromatic rings. The molecule has 2 aromatic carbocycles. The maximum Gasteiger partial charge on any atom is 0.122 e. The zero-order valence-corrected chi connectivity index (χ0v) is 25.4. The SMILES string of the molecule is CCCCCCCCCc1cc(-c2ccc(OCCCCCCCCCC(O)CO)cc2)ccc1OCC(O)CO. The molecular weight excluding hydrogens is 516 g/mol. The highest BCUT2D eigenvalue weighted by molar-refractivity contribution is 5.66. The molecule has 0 heterocycles. The first-order valence-corrected chi connectivity index (χ1v) is 16.1. The van der Waals surface area contributed by atoms with Gasteiger partial charge < -0.3 is 29.9 Å². The Morgan fingerprint density at radius 3 is 1.85 bits per heavy atom. The van der Waals surface area contributed by atoms with Crippen LogP contribution in [0, 0.1) is 0 Å². The van der Waals surface area contributed by atoms with Crippen molar-refractivity contribution in [2.75, 3.05) is 26.4 Å². The highest BCUT2D eigenvalue weighted by Crippen LogP contribution is 2.30. The van der Waals surface area contributed by atoms with E-state index in [1.807, 2.05) is 18.2 Å². The second-order valence-electron chi connectivity index (χ2n) is 11.3. The van der Waals surface area contributed by atoms with Crippen molar-refractivity contribution in [2.24, 2.45) is 0 Å². The number of ether oxygens (including phenoxy) is 2. The van der Waals surface area contributed by atoms with E-state index in [1.165, 1.54) is 57.8 Å². The molecule has 0 radical (unpaired) electrons. The molecule has 0 amide bonds. The molecule has 232 valence electrons. The van der Waals surface area contributed by atoms with E-state index < -0.39 is 12.2 Å². The summed E-state index contributed by atoms with van der Waals surface area (Å²) in [5.41, 5.74) is 3.41. The minimum absolute atomic E-state index is 0.0856. The van der Waals surface area contributed by atoms with E-state index in [0.717, 1.165) is 73.3 Å². The standard InChI is InChI=1S/C35H56O6/c1-2-3-4-5-7-10-13-16-31-25-30(20-23-35(31)41-28-33(39)27-37)29-18-21-34(22-19-29)40-24-15-12-9-6-8-11-14-17-32(38)26-36/h18-23,25,32-33,36-39H,2-17,24,26-28H2,1H3. The fourth-order valence-corrected chi connectivity index (χ4v) is 5.00. The van der Waals surface area contributed by atoms with Gasteiger partial charge in [0.1, 0.15) is 24.2 Å². The van der Waals surface area contributed by atoms with Gasteiger partial charge in [-0.1, -0.05) is 102 Å². The van der Waals surface area contributed by atoms with Crippen LogP contribution in [0.4, 0.5) is 0 Å². The van der Waals surface area contributed by atoms with Crippen LogP contribution in [0.15, 0.2) is 42.5 Å². The molecule has 6 nitrogen and oxygen atoms in total. The third kappa shape index (κ3) is 15.6. The van der Waals surface area contributed by atoms with Crippen LogP contribution in [0.5, 0.6) is 11.5 Å². The first-order chi connectivity index (χ1) is 20.1. The molecule has 2 rings (SSSR count). The summed E-state index contributed by atoms with van der Waals surface area (Å²) >= 11 is 0. The zero-order chi connectivity index (χ0) is 29.5. The quantitative estimate of drug-likeness (QED) is 0.0937. The predicted molar refractivity (Wildman–Crippen MR) is 168 cm³/mol. The van der Waals surface area contributed by atoms with Gasteiger partial charge in [-0.2, -0.15) is 0 Å². The Hall–Kier alpha value is -2.12. The number of aliphatic hydroxyl groups is 4. The molecule has 41 heavy (non-hydrogen) atoms. The maximum absolute atomic E-state index is 9.75. The third-order valence-corrected chi connectivity index (χ3v) is 7.60. The van der Waals surface area contributed by atoms with Crippen LogP contribution < -0.4 is 9.47 Å². The van der Waals surface area contributed by atoms with Crippen molar-refractivity contribution in [3.05, 3.63) is 48.0 Å². The van der Waals surface area contributed by atoms with Crippen molar-refractivity contribution in [3.8, 4) is 22.6 Å². The first kappa shape index (κ1) is 35.1. The summed E-state index contributed by atoms with van der Waals surface area (Å²) in [6.07, 6.45) is 16.8. The van der Waals surface area contributed by atoms with E-state index in [4.69, 9.17) is 19.7 Å². The number of benzene rings is 2. The van der Waals surface area contributed by atoms with Gasteiger partial charge in [0.25, 0.3) is 0 Å². The fourth-order valence-electron chi connectivity index (χ4n) is 5.00. The monoisotopic (exact) mass is 572 g/mol. The van der Waals surface area contributed by atoms with Gasteiger partial charge in [-0.3, -0.25) is 0 Å². The van der Waals surface area contributed by atoms with Crippen molar-refractivity contribution in [2.45, 2.75) is 122 Å². The van der Waals surface area contributed by atoms with Crippen molar-refractivity contribution in [1.29, 1.82) is 0 Å². The second kappa shape index (κ2) is 22.5. The van der Waals surface area contributed by atoms with E-state index >= 15 is 0 Å². The highest BCUT2D eigenvalue weighted by atomic mass is 16.5. The van der Waals surface area contributed by atoms with Gasteiger partial charge in [0.15, 0.2) is 0 Å². The number of hydrogen-bond acceptors (Lipinski definition) is 6. The van der Waals surface area contributed by atoms with Gasteiger partial charge in [0, 0.05) is 0 Å². The zero-order valence-electron chi connectivity index (χ0n) is 25.4. The van der Waals surface area contributed by atoms with Crippen LogP contribution in [-0.2, 0) is 6.42 Å². The first-order valence-electron chi connectivity index (χ1n) is 16.1. The van der Waals surface area contributed by atoms with Crippen molar-refractivity contribution in [3.63, 3.8) is 0 Å². The summed E-state index contributed by atoms with van der Waals surface area (Å²) in [6.45, 7) is 2.61. The Labute approximate surface area is 248 Å². The number of unbranched alkanes of at least 4 members (excludes halogenated alkanes) is 12. The highest BCUT2D eigenvalue weighted by Gasteiger charge is 2.10. The number of aryl methyl sites for hydroxylation is 1. The van der Waals surface area contributed by atoms with E-state index in [1.54, 1.807) is 0 Å². The van der Waals surface area contributed by atoms with Crippen LogP contribution in [-0.4, -0.2) is 59.1 Å². The molecule has 0 saturated carbocycles. The van der Waals surface area contributed by atoms with Crippen LogP contribution in [0.25, 0.3) is 11.1 Å².